The molecule has 8 heteroatoms. The Balaban J connectivity index is 0. The number of unbranched alkanes of at least 4 members (excludes halogenated alkanes) is 2. The average molecular weight is 499 g/mol. The van der Waals surface area contributed by atoms with E-state index in [4.69, 9.17) is 18.1 Å². The van der Waals surface area contributed by atoms with Gasteiger partial charge in [-0.15, -0.1) is 18.1 Å². The Hall–Kier alpha value is 0.0400. The molecule has 0 aromatic rings. The van der Waals surface area contributed by atoms with Gasteiger partial charge in [-0.3, -0.25) is 0 Å². The molecule has 0 aliphatic carbocycles. The maximum Gasteiger partial charge on any atom is 0.698 e. The van der Waals surface area contributed by atoms with E-state index in [1.807, 2.05) is 41.5 Å². The molecule has 32 heavy (non-hydrogen) atoms. The van der Waals surface area contributed by atoms with Crippen LogP contribution in [-0.4, -0.2) is 24.4 Å². The fourth-order valence-electron chi connectivity index (χ4n) is 2.63. The smallest absolute Gasteiger partial charge is 0.119 e. The highest BCUT2D eigenvalue weighted by atomic mass is 31.1. The highest BCUT2D eigenvalue weighted by Crippen LogP contribution is 2.35. The lowest BCUT2D eigenvalue weighted by molar-refractivity contribution is 0.0634. The van der Waals surface area contributed by atoms with Gasteiger partial charge in [0.2, 0.25) is 0 Å². The third kappa shape index (κ3) is 24.7. The first-order valence-corrected chi connectivity index (χ1v) is 14.5. The zero-order chi connectivity index (χ0) is 25.2. The molecule has 0 aliphatic rings. The van der Waals surface area contributed by atoms with Gasteiger partial charge < -0.3 is 0 Å². The van der Waals surface area contributed by atoms with Gasteiger partial charge in [-0.1, -0.05) is 66.2 Å². The van der Waals surface area contributed by atoms with Crippen molar-refractivity contribution in [2.45, 2.75) is 132 Å². The third-order valence-corrected chi connectivity index (χ3v) is 6.73. The van der Waals surface area contributed by atoms with Gasteiger partial charge in [0.05, 0.1) is 0 Å². The van der Waals surface area contributed by atoms with Crippen LogP contribution in [-0.2, 0) is 27.2 Å². The lowest BCUT2D eigenvalue weighted by Gasteiger charge is -2.12. The van der Waals surface area contributed by atoms with Crippen LogP contribution < -0.4 is 0 Å². The van der Waals surface area contributed by atoms with Crippen molar-refractivity contribution in [2.75, 3.05) is 13.2 Å². The molecule has 0 heterocycles. The van der Waals surface area contributed by atoms with Crippen molar-refractivity contribution in [3.05, 3.63) is 0 Å². The molecule has 0 aromatic heterocycles. The van der Waals surface area contributed by atoms with Crippen LogP contribution in [0.2, 0.25) is 0 Å². The van der Waals surface area contributed by atoms with Crippen molar-refractivity contribution in [3.8, 4) is 0 Å². The van der Waals surface area contributed by atoms with Crippen LogP contribution in [0.3, 0.4) is 0 Å². The topological polar surface area (TPSA) is 71.1 Å². The Bertz CT molecular complexity index is 446. The van der Waals surface area contributed by atoms with Crippen molar-refractivity contribution in [3.63, 3.8) is 0 Å². The molecule has 0 radical (unpaired) electrons. The minimum atomic E-state index is -2.01. The van der Waals surface area contributed by atoms with Crippen molar-refractivity contribution in [2.24, 2.45) is 11.8 Å². The molecule has 2 unspecified atom stereocenters. The standard InChI is InChI=1S/C16H34O3P.C8H18O3P/c1-5-9-11-15(7-3)13-18-20(17)19-14-16(8-4)12-10-6-2;1-7(2,3)10-12(9)11-8(4,5)6/h15-16H,5-14H2,1-4H3;1-6H3/q2*+1. The normalized spacial score (nSPS) is 14.4. The number of hydrogen-bond donors (Lipinski definition) is 0. The van der Waals surface area contributed by atoms with E-state index >= 15 is 0 Å². The SMILES string of the molecule is CC(C)(C)O[P+](=O)OC(C)(C)C.CCCCC(CC)CO[P+](=O)OCC(CC)CCCC. The second-order valence-corrected chi connectivity index (χ2v) is 12.1. The van der Waals surface area contributed by atoms with Gasteiger partial charge in [0, 0.05) is 9.13 Å². The molecule has 0 rings (SSSR count). The van der Waals surface area contributed by atoms with Crippen LogP contribution in [0.4, 0.5) is 0 Å². The quantitative estimate of drug-likeness (QED) is 0.197. The number of rotatable bonds is 16. The van der Waals surface area contributed by atoms with Crippen LogP contribution >= 0.6 is 16.5 Å². The summed E-state index contributed by atoms with van der Waals surface area (Å²) in [5.74, 6) is 1.03. The summed E-state index contributed by atoms with van der Waals surface area (Å²) in [4.78, 5) is 0. The summed E-state index contributed by atoms with van der Waals surface area (Å²) in [5, 5.41) is 0. The van der Waals surface area contributed by atoms with Gasteiger partial charge in [0.15, 0.2) is 0 Å². The summed E-state index contributed by atoms with van der Waals surface area (Å²) in [6, 6.07) is 0. The molecule has 0 aromatic carbocycles. The predicted molar refractivity (Wildman–Crippen MR) is 135 cm³/mol. The van der Waals surface area contributed by atoms with E-state index in [2.05, 4.69) is 27.7 Å². The Morgan fingerprint density at radius 1 is 0.625 bits per heavy atom. The molecule has 0 saturated heterocycles. The maximum absolute atomic E-state index is 11.7. The highest BCUT2D eigenvalue weighted by Gasteiger charge is 2.35. The first-order valence-electron chi connectivity index (χ1n) is 12.4. The largest absolute Gasteiger partial charge is 0.698 e. The minimum absolute atomic E-state index is 0.418. The molecule has 0 bridgehead atoms. The van der Waals surface area contributed by atoms with Crippen molar-refractivity contribution < 1.29 is 27.2 Å². The molecular weight excluding hydrogens is 446 g/mol. The van der Waals surface area contributed by atoms with Gasteiger partial charge in [0.1, 0.15) is 24.4 Å². The third-order valence-electron chi connectivity index (χ3n) is 4.61. The highest BCUT2D eigenvalue weighted by molar-refractivity contribution is 7.33. The summed E-state index contributed by atoms with van der Waals surface area (Å²) in [7, 11) is -3.94. The lowest BCUT2D eigenvalue weighted by Crippen LogP contribution is -2.19. The van der Waals surface area contributed by atoms with Crippen LogP contribution in [0.1, 0.15) is 121 Å². The first-order chi connectivity index (χ1) is 14.8. The van der Waals surface area contributed by atoms with Gasteiger partial charge in [-0.05, 0) is 66.2 Å². The van der Waals surface area contributed by atoms with Crippen LogP contribution in [0.15, 0.2) is 0 Å². The fourth-order valence-corrected chi connectivity index (χ4v) is 4.30. The molecular formula is C24H52O6P2+2. The Kier molecular flexibility index (Phi) is 20.7. The van der Waals surface area contributed by atoms with Crippen molar-refractivity contribution in [1.29, 1.82) is 0 Å². The lowest BCUT2D eigenvalue weighted by atomic mass is 10.0. The second-order valence-electron chi connectivity index (χ2n) is 10.3. The van der Waals surface area contributed by atoms with Crippen LogP contribution in [0.5, 0.6) is 0 Å². The Morgan fingerprint density at radius 2 is 0.969 bits per heavy atom. The van der Waals surface area contributed by atoms with E-state index in [0.717, 1.165) is 25.7 Å². The molecule has 0 fully saturated rings. The Morgan fingerprint density at radius 3 is 1.22 bits per heavy atom. The molecule has 2 atom stereocenters. The Labute approximate surface area is 200 Å². The van der Waals surface area contributed by atoms with Gasteiger partial charge in [0.25, 0.3) is 0 Å². The van der Waals surface area contributed by atoms with E-state index in [1.165, 1.54) is 25.7 Å². The number of hydrogen-bond acceptors (Lipinski definition) is 6. The molecule has 0 spiro atoms. The molecule has 6 nitrogen and oxygen atoms in total. The van der Waals surface area contributed by atoms with E-state index in [1.54, 1.807) is 0 Å². The summed E-state index contributed by atoms with van der Waals surface area (Å²) in [6.45, 7) is 20.9. The van der Waals surface area contributed by atoms with Crippen LogP contribution in [0, 0.1) is 11.8 Å². The average Bonchev–Trinajstić information content (AvgIpc) is 2.65. The molecule has 0 saturated carbocycles. The van der Waals surface area contributed by atoms with E-state index in [9.17, 15) is 9.13 Å². The summed E-state index contributed by atoms with van der Waals surface area (Å²) in [6.07, 6.45) is 9.31. The van der Waals surface area contributed by atoms with Crippen molar-refractivity contribution >= 4 is 16.5 Å². The molecule has 0 aliphatic heterocycles. The second kappa shape index (κ2) is 19.4. The fraction of sp³-hybridized carbons (Fsp3) is 1.00. The monoisotopic (exact) mass is 498 g/mol. The maximum atomic E-state index is 11.7. The van der Waals surface area contributed by atoms with E-state index in [0.29, 0.717) is 25.0 Å². The first kappa shape index (κ1) is 34.2. The van der Waals surface area contributed by atoms with Crippen molar-refractivity contribution in [1.82, 2.24) is 0 Å². The summed E-state index contributed by atoms with van der Waals surface area (Å²) >= 11 is 0. The minimum Gasteiger partial charge on any atom is -0.119 e. The summed E-state index contributed by atoms with van der Waals surface area (Å²) in [5.41, 5.74) is -0.836. The van der Waals surface area contributed by atoms with Gasteiger partial charge in [-0.25, -0.2) is 0 Å². The molecule has 0 N–H and O–H groups in total. The summed E-state index contributed by atoms with van der Waals surface area (Å²) < 4.78 is 43.9. The zero-order valence-electron chi connectivity index (χ0n) is 22.6. The molecule has 192 valence electrons. The van der Waals surface area contributed by atoms with E-state index < -0.39 is 27.7 Å². The zero-order valence-corrected chi connectivity index (χ0v) is 24.4. The van der Waals surface area contributed by atoms with Gasteiger partial charge in [-0.2, -0.15) is 0 Å². The van der Waals surface area contributed by atoms with Gasteiger partial charge >= 0.3 is 16.5 Å². The predicted octanol–water partition coefficient (Wildman–Crippen LogP) is 9.38. The molecule has 0 amide bonds. The van der Waals surface area contributed by atoms with Crippen LogP contribution in [0.25, 0.3) is 0 Å². The van der Waals surface area contributed by atoms with E-state index in [-0.39, 0.29) is 0 Å².